The standard InChI is InChI=1S/C13H21N3O2.ClH/c1-13(14)6-3-2-4-10(13)12-15-11(16-18-12)9-5-7-17-8-9;/h9-10H,2-8,14H2,1H3;1H. The highest BCUT2D eigenvalue weighted by atomic mass is 35.5. The van der Waals surface area contributed by atoms with Gasteiger partial charge in [-0.2, -0.15) is 4.98 Å². The van der Waals surface area contributed by atoms with E-state index in [1.54, 1.807) is 0 Å². The van der Waals surface area contributed by atoms with E-state index < -0.39 is 0 Å². The molecule has 0 aromatic carbocycles. The summed E-state index contributed by atoms with van der Waals surface area (Å²) in [5, 5.41) is 4.12. The molecule has 6 heteroatoms. The van der Waals surface area contributed by atoms with E-state index in [4.69, 9.17) is 15.0 Å². The average molecular weight is 288 g/mol. The van der Waals surface area contributed by atoms with Crippen LogP contribution in [0.5, 0.6) is 0 Å². The molecule has 5 nitrogen and oxygen atoms in total. The Balaban J connectivity index is 0.00000133. The third kappa shape index (κ3) is 2.93. The molecule has 19 heavy (non-hydrogen) atoms. The zero-order valence-corrected chi connectivity index (χ0v) is 12.1. The summed E-state index contributed by atoms with van der Waals surface area (Å²) in [6, 6.07) is 0. The number of nitrogens with zero attached hydrogens (tertiary/aromatic N) is 2. The van der Waals surface area contributed by atoms with Crippen LogP contribution in [0.4, 0.5) is 0 Å². The molecular formula is C13H22ClN3O2. The average Bonchev–Trinajstić information content (AvgIpc) is 2.99. The molecule has 1 aromatic heterocycles. The van der Waals surface area contributed by atoms with Gasteiger partial charge in [-0.25, -0.2) is 0 Å². The highest BCUT2D eigenvalue weighted by Gasteiger charge is 2.38. The zero-order valence-electron chi connectivity index (χ0n) is 11.3. The van der Waals surface area contributed by atoms with Crippen LogP contribution in [-0.2, 0) is 4.74 Å². The fraction of sp³-hybridized carbons (Fsp3) is 0.846. The molecule has 2 heterocycles. The number of aromatic nitrogens is 2. The Morgan fingerprint density at radius 3 is 2.84 bits per heavy atom. The lowest BCUT2D eigenvalue weighted by molar-refractivity contribution is 0.192. The first kappa shape index (κ1) is 14.8. The zero-order chi connectivity index (χ0) is 12.6. The van der Waals surface area contributed by atoms with E-state index in [2.05, 4.69) is 17.1 Å². The van der Waals surface area contributed by atoms with Gasteiger partial charge in [0, 0.05) is 18.1 Å². The Hall–Kier alpha value is -0.650. The molecule has 2 N–H and O–H groups in total. The van der Waals surface area contributed by atoms with Gasteiger partial charge in [-0.1, -0.05) is 18.0 Å². The largest absolute Gasteiger partial charge is 0.381 e. The first-order valence-electron chi connectivity index (χ1n) is 6.87. The van der Waals surface area contributed by atoms with E-state index in [0.29, 0.717) is 12.5 Å². The first-order chi connectivity index (χ1) is 8.67. The fourth-order valence-corrected chi connectivity index (χ4v) is 3.06. The molecule has 0 amide bonds. The van der Waals surface area contributed by atoms with E-state index in [-0.39, 0.29) is 23.9 Å². The van der Waals surface area contributed by atoms with Gasteiger partial charge in [-0.15, -0.1) is 12.4 Å². The van der Waals surface area contributed by atoms with Gasteiger partial charge in [-0.05, 0) is 26.2 Å². The maximum absolute atomic E-state index is 6.36. The molecule has 0 spiro atoms. The first-order valence-corrected chi connectivity index (χ1v) is 6.87. The summed E-state index contributed by atoms with van der Waals surface area (Å²) in [6.07, 6.45) is 5.46. The van der Waals surface area contributed by atoms with Crippen molar-refractivity contribution in [3.8, 4) is 0 Å². The van der Waals surface area contributed by atoms with Crippen molar-refractivity contribution in [2.45, 2.75) is 56.4 Å². The molecule has 108 valence electrons. The molecule has 1 aliphatic carbocycles. The van der Waals surface area contributed by atoms with Crippen molar-refractivity contribution in [2.75, 3.05) is 13.2 Å². The van der Waals surface area contributed by atoms with Crippen molar-refractivity contribution in [3.05, 3.63) is 11.7 Å². The Bertz CT molecular complexity index is 416. The molecule has 2 fully saturated rings. The lowest BCUT2D eigenvalue weighted by Crippen LogP contribution is -2.44. The molecule has 1 saturated heterocycles. The molecule has 0 bridgehead atoms. The van der Waals surface area contributed by atoms with Crippen molar-refractivity contribution < 1.29 is 9.26 Å². The molecule has 0 radical (unpaired) electrons. The maximum atomic E-state index is 6.36. The molecule has 3 rings (SSSR count). The van der Waals surface area contributed by atoms with Gasteiger partial charge in [-0.3, -0.25) is 0 Å². The summed E-state index contributed by atoms with van der Waals surface area (Å²) in [7, 11) is 0. The Morgan fingerprint density at radius 1 is 1.32 bits per heavy atom. The highest BCUT2D eigenvalue weighted by Crippen LogP contribution is 2.38. The van der Waals surface area contributed by atoms with E-state index >= 15 is 0 Å². The second kappa shape index (κ2) is 5.77. The highest BCUT2D eigenvalue weighted by molar-refractivity contribution is 5.85. The predicted molar refractivity (Wildman–Crippen MR) is 73.5 cm³/mol. The van der Waals surface area contributed by atoms with Crippen LogP contribution in [-0.4, -0.2) is 28.9 Å². The third-order valence-corrected chi connectivity index (χ3v) is 4.30. The number of nitrogens with two attached hydrogens (primary N) is 1. The van der Waals surface area contributed by atoms with Crippen LogP contribution in [0.1, 0.15) is 62.6 Å². The monoisotopic (exact) mass is 287 g/mol. The second-order valence-electron chi connectivity index (χ2n) is 5.86. The van der Waals surface area contributed by atoms with E-state index in [9.17, 15) is 0 Å². The molecule has 3 atom stereocenters. The van der Waals surface area contributed by atoms with Gasteiger partial charge in [0.1, 0.15) is 0 Å². The van der Waals surface area contributed by atoms with Crippen molar-refractivity contribution in [3.63, 3.8) is 0 Å². The molecule has 1 aromatic rings. The van der Waals surface area contributed by atoms with Gasteiger partial charge in [0.2, 0.25) is 5.89 Å². The molecular weight excluding hydrogens is 266 g/mol. The van der Waals surface area contributed by atoms with Crippen LogP contribution in [0.2, 0.25) is 0 Å². The smallest absolute Gasteiger partial charge is 0.231 e. The summed E-state index contributed by atoms with van der Waals surface area (Å²) in [5.74, 6) is 2.02. The van der Waals surface area contributed by atoms with Crippen LogP contribution < -0.4 is 5.73 Å². The van der Waals surface area contributed by atoms with E-state index in [0.717, 1.165) is 37.6 Å². The summed E-state index contributed by atoms with van der Waals surface area (Å²) < 4.78 is 10.8. The second-order valence-corrected chi connectivity index (χ2v) is 5.86. The SMILES string of the molecule is CC1(N)CCCCC1c1nc(C2CCOC2)no1.Cl. The minimum absolute atomic E-state index is 0. The van der Waals surface area contributed by atoms with Gasteiger partial charge < -0.3 is 15.0 Å². The van der Waals surface area contributed by atoms with E-state index in [1.165, 1.54) is 12.8 Å². The Labute approximate surface area is 119 Å². The summed E-state index contributed by atoms with van der Waals surface area (Å²) >= 11 is 0. The normalized spacial score (nSPS) is 35.1. The fourth-order valence-electron chi connectivity index (χ4n) is 3.06. The van der Waals surface area contributed by atoms with Crippen molar-refractivity contribution in [2.24, 2.45) is 5.73 Å². The summed E-state index contributed by atoms with van der Waals surface area (Å²) in [5.41, 5.74) is 6.15. The number of hydrogen-bond donors (Lipinski definition) is 1. The lowest BCUT2D eigenvalue weighted by atomic mass is 9.74. The van der Waals surface area contributed by atoms with Crippen molar-refractivity contribution in [1.82, 2.24) is 10.1 Å². The Morgan fingerprint density at radius 2 is 2.16 bits per heavy atom. The van der Waals surface area contributed by atoms with Gasteiger partial charge in [0.25, 0.3) is 0 Å². The minimum Gasteiger partial charge on any atom is -0.381 e. The number of rotatable bonds is 2. The summed E-state index contributed by atoms with van der Waals surface area (Å²) in [6.45, 7) is 3.61. The van der Waals surface area contributed by atoms with Crippen LogP contribution in [0.3, 0.4) is 0 Å². The van der Waals surface area contributed by atoms with Gasteiger partial charge >= 0.3 is 0 Å². The van der Waals surface area contributed by atoms with Crippen molar-refractivity contribution in [1.29, 1.82) is 0 Å². The number of halogens is 1. The number of ether oxygens (including phenoxy) is 1. The van der Waals surface area contributed by atoms with Crippen molar-refractivity contribution >= 4 is 12.4 Å². The molecule has 2 aliphatic rings. The van der Waals surface area contributed by atoms with E-state index in [1.807, 2.05) is 0 Å². The summed E-state index contributed by atoms with van der Waals surface area (Å²) in [4.78, 5) is 4.57. The maximum Gasteiger partial charge on any atom is 0.231 e. The van der Waals surface area contributed by atoms with Crippen LogP contribution in [0, 0.1) is 0 Å². The Kier molecular flexibility index (Phi) is 4.48. The lowest BCUT2D eigenvalue weighted by Gasteiger charge is -2.35. The molecule has 1 aliphatic heterocycles. The van der Waals surface area contributed by atoms with Crippen LogP contribution in [0.15, 0.2) is 4.52 Å². The van der Waals surface area contributed by atoms with Crippen LogP contribution >= 0.6 is 12.4 Å². The third-order valence-electron chi connectivity index (χ3n) is 4.30. The molecule has 3 unspecified atom stereocenters. The molecule has 1 saturated carbocycles. The topological polar surface area (TPSA) is 74.2 Å². The van der Waals surface area contributed by atoms with Gasteiger partial charge in [0.15, 0.2) is 5.82 Å². The quantitative estimate of drug-likeness (QED) is 0.904. The predicted octanol–water partition coefficient (Wildman–Crippen LogP) is 2.37. The number of hydrogen-bond acceptors (Lipinski definition) is 5. The van der Waals surface area contributed by atoms with Gasteiger partial charge in [0.05, 0.1) is 12.5 Å². The minimum atomic E-state index is -0.214. The van der Waals surface area contributed by atoms with Crippen LogP contribution in [0.25, 0.3) is 0 Å².